The summed E-state index contributed by atoms with van der Waals surface area (Å²) in [5.74, 6) is 2.19. The van der Waals surface area contributed by atoms with Crippen molar-refractivity contribution in [2.24, 2.45) is 0 Å². The Morgan fingerprint density at radius 3 is 2.76 bits per heavy atom. The molecule has 1 aromatic rings. The van der Waals surface area contributed by atoms with Crippen LogP contribution in [0.2, 0.25) is 5.02 Å². The van der Waals surface area contributed by atoms with Crippen LogP contribution in [-0.2, 0) is 0 Å². The van der Waals surface area contributed by atoms with E-state index in [1.165, 1.54) is 6.07 Å². The van der Waals surface area contributed by atoms with Crippen molar-refractivity contribution in [3.05, 3.63) is 33.3 Å². The quantitative estimate of drug-likeness (QED) is 0.675. The average molecular weight is 273 g/mol. The molecule has 0 aliphatic carbocycles. The number of hydrogen-bond donors (Lipinski definition) is 1. The summed E-state index contributed by atoms with van der Waals surface area (Å²) in [6, 6.07) is 5.04. The van der Waals surface area contributed by atoms with Gasteiger partial charge < -0.3 is 5.32 Å². The van der Waals surface area contributed by atoms with Crippen LogP contribution in [0.4, 0.5) is 11.4 Å². The van der Waals surface area contributed by atoms with E-state index in [-0.39, 0.29) is 11.7 Å². The summed E-state index contributed by atoms with van der Waals surface area (Å²) in [4.78, 5) is 10.5. The van der Waals surface area contributed by atoms with Crippen LogP contribution in [0, 0.1) is 10.1 Å². The Kier molecular flexibility index (Phi) is 4.12. The first-order valence-corrected chi connectivity index (χ1v) is 6.99. The summed E-state index contributed by atoms with van der Waals surface area (Å²) in [6.45, 7) is 0. The van der Waals surface area contributed by atoms with Crippen molar-refractivity contribution in [2.45, 2.75) is 18.9 Å². The van der Waals surface area contributed by atoms with Crippen LogP contribution in [0.15, 0.2) is 18.2 Å². The fourth-order valence-electron chi connectivity index (χ4n) is 1.85. The second-order valence-electron chi connectivity index (χ2n) is 3.92. The van der Waals surface area contributed by atoms with Crippen molar-refractivity contribution in [3.63, 3.8) is 0 Å². The zero-order valence-electron chi connectivity index (χ0n) is 9.19. The predicted molar refractivity (Wildman–Crippen MR) is 72.1 cm³/mol. The average Bonchev–Trinajstić information content (AvgIpc) is 2.33. The van der Waals surface area contributed by atoms with Crippen molar-refractivity contribution in [1.29, 1.82) is 0 Å². The van der Waals surface area contributed by atoms with Crippen molar-refractivity contribution in [1.82, 2.24) is 0 Å². The zero-order valence-corrected chi connectivity index (χ0v) is 10.8. The summed E-state index contributed by atoms with van der Waals surface area (Å²) >= 11 is 7.94. The number of anilines is 1. The molecule has 1 aromatic carbocycles. The molecule has 1 heterocycles. The minimum absolute atomic E-state index is 0.0516. The van der Waals surface area contributed by atoms with Crippen LogP contribution in [0.1, 0.15) is 12.8 Å². The number of para-hydroxylation sites is 1. The van der Waals surface area contributed by atoms with Gasteiger partial charge in [0.05, 0.1) is 9.95 Å². The maximum absolute atomic E-state index is 10.9. The predicted octanol–water partition coefficient (Wildman–Crippen LogP) is 3.56. The van der Waals surface area contributed by atoms with Crippen LogP contribution < -0.4 is 5.32 Å². The first-order chi connectivity index (χ1) is 8.18. The van der Waals surface area contributed by atoms with Crippen LogP contribution in [0.5, 0.6) is 0 Å². The molecule has 4 nitrogen and oxygen atoms in total. The smallest absolute Gasteiger partial charge is 0.293 e. The van der Waals surface area contributed by atoms with E-state index in [2.05, 4.69) is 5.32 Å². The molecule has 0 atom stereocenters. The van der Waals surface area contributed by atoms with E-state index in [1.807, 2.05) is 11.8 Å². The molecule has 1 aliphatic rings. The standard InChI is InChI=1S/C11H13ClN2O2S/c12-9-2-1-3-10(14(15)16)11(9)13-8-4-6-17-7-5-8/h1-3,8,13H,4-7H2. The molecule has 1 N–H and O–H groups in total. The van der Waals surface area contributed by atoms with Crippen molar-refractivity contribution < 1.29 is 4.92 Å². The molecule has 1 aliphatic heterocycles. The van der Waals surface area contributed by atoms with E-state index >= 15 is 0 Å². The third-order valence-corrected chi connectivity index (χ3v) is 4.12. The summed E-state index contributed by atoms with van der Waals surface area (Å²) in [5.41, 5.74) is 0.506. The van der Waals surface area contributed by atoms with Gasteiger partial charge in [-0.2, -0.15) is 11.8 Å². The van der Waals surface area contributed by atoms with E-state index in [9.17, 15) is 10.1 Å². The Balaban J connectivity index is 2.21. The third-order valence-electron chi connectivity index (χ3n) is 2.76. The molecule has 0 spiro atoms. The second kappa shape index (κ2) is 5.60. The van der Waals surface area contributed by atoms with Gasteiger partial charge in [0.2, 0.25) is 0 Å². The number of benzene rings is 1. The molecule has 17 heavy (non-hydrogen) atoms. The Morgan fingerprint density at radius 2 is 2.12 bits per heavy atom. The first-order valence-electron chi connectivity index (χ1n) is 5.45. The third kappa shape index (κ3) is 3.04. The molecule has 2 rings (SSSR count). The van der Waals surface area contributed by atoms with E-state index < -0.39 is 4.92 Å². The zero-order chi connectivity index (χ0) is 12.3. The van der Waals surface area contributed by atoms with Gasteiger partial charge in [-0.15, -0.1) is 0 Å². The Hall–Kier alpha value is -0.940. The van der Waals surface area contributed by atoms with Crippen LogP contribution in [0.3, 0.4) is 0 Å². The summed E-state index contributed by atoms with van der Waals surface area (Å²) in [5, 5.41) is 14.5. The Labute approximate surface area is 109 Å². The van der Waals surface area contributed by atoms with Gasteiger partial charge in [-0.05, 0) is 30.4 Å². The highest BCUT2D eigenvalue weighted by Crippen LogP contribution is 2.34. The number of hydrogen-bond acceptors (Lipinski definition) is 4. The lowest BCUT2D eigenvalue weighted by Crippen LogP contribution is -2.25. The molecular weight excluding hydrogens is 260 g/mol. The lowest BCUT2D eigenvalue weighted by Gasteiger charge is -2.23. The molecule has 0 radical (unpaired) electrons. The fraction of sp³-hybridized carbons (Fsp3) is 0.455. The van der Waals surface area contributed by atoms with Gasteiger partial charge in [-0.25, -0.2) is 0 Å². The minimum atomic E-state index is -0.397. The maximum atomic E-state index is 10.9. The lowest BCUT2D eigenvalue weighted by atomic mass is 10.1. The van der Waals surface area contributed by atoms with Gasteiger partial charge in [0.1, 0.15) is 5.69 Å². The van der Waals surface area contributed by atoms with Crippen molar-refractivity contribution in [2.75, 3.05) is 16.8 Å². The SMILES string of the molecule is O=[N+]([O-])c1cccc(Cl)c1NC1CCSCC1. The molecular formula is C11H13ClN2O2S. The molecule has 0 amide bonds. The topological polar surface area (TPSA) is 55.2 Å². The van der Waals surface area contributed by atoms with E-state index in [4.69, 9.17) is 11.6 Å². The Bertz CT molecular complexity index is 422. The van der Waals surface area contributed by atoms with Crippen LogP contribution in [-0.4, -0.2) is 22.5 Å². The molecule has 1 saturated heterocycles. The van der Waals surface area contributed by atoms with Gasteiger partial charge in [0.25, 0.3) is 5.69 Å². The van der Waals surface area contributed by atoms with Crippen molar-refractivity contribution >= 4 is 34.7 Å². The van der Waals surface area contributed by atoms with Crippen LogP contribution in [0.25, 0.3) is 0 Å². The molecule has 1 fully saturated rings. The molecule has 0 aromatic heterocycles. The number of thioether (sulfide) groups is 1. The number of nitrogens with zero attached hydrogens (tertiary/aromatic N) is 1. The molecule has 92 valence electrons. The highest BCUT2D eigenvalue weighted by molar-refractivity contribution is 7.99. The first kappa shape index (κ1) is 12.5. The monoisotopic (exact) mass is 272 g/mol. The number of halogens is 1. The van der Waals surface area contributed by atoms with E-state index in [0.717, 1.165) is 24.3 Å². The Morgan fingerprint density at radius 1 is 1.41 bits per heavy atom. The van der Waals surface area contributed by atoms with Gasteiger partial charge in [-0.3, -0.25) is 10.1 Å². The number of nitro benzene ring substituents is 1. The summed E-state index contributed by atoms with van der Waals surface area (Å²) in [7, 11) is 0. The second-order valence-corrected chi connectivity index (χ2v) is 5.55. The van der Waals surface area contributed by atoms with Gasteiger partial charge >= 0.3 is 0 Å². The molecule has 6 heteroatoms. The van der Waals surface area contributed by atoms with Gasteiger partial charge in [0, 0.05) is 12.1 Å². The van der Waals surface area contributed by atoms with Gasteiger partial charge in [-0.1, -0.05) is 17.7 Å². The molecule has 0 unspecified atom stereocenters. The van der Waals surface area contributed by atoms with Crippen molar-refractivity contribution in [3.8, 4) is 0 Å². The highest BCUT2D eigenvalue weighted by atomic mass is 35.5. The van der Waals surface area contributed by atoms with E-state index in [1.54, 1.807) is 12.1 Å². The number of nitrogens with one attached hydrogen (secondary N) is 1. The normalized spacial score (nSPS) is 16.8. The fourth-order valence-corrected chi connectivity index (χ4v) is 3.18. The summed E-state index contributed by atoms with van der Waals surface area (Å²) in [6.07, 6.45) is 2.04. The lowest BCUT2D eigenvalue weighted by molar-refractivity contribution is -0.384. The largest absolute Gasteiger partial charge is 0.375 e. The molecule has 0 saturated carbocycles. The van der Waals surface area contributed by atoms with E-state index in [0.29, 0.717) is 10.7 Å². The summed E-state index contributed by atoms with van der Waals surface area (Å²) < 4.78 is 0. The van der Waals surface area contributed by atoms with Crippen LogP contribution >= 0.6 is 23.4 Å². The number of rotatable bonds is 3. The molecule has 0 bridgehead atoms. The number of nitro groups is 1. The maximum Gasteiger partial charge on any atom is 0.293 e. The minimum Gasteiger partial charge on any atom is -0.375 e. The highest BCUT2D eigenvalue weighted by Gasteiger charge is 2.21. The van der Waals surface area contributed by atoms with Gasteiger partial charge in [0.15, 0.2) is 0 Å².